The Kier molecular flexibility index (Phi) is 32.0. The van der Waals surface area contributed by atoms with Crippen LogP contribution >= 0.6 is 0 Å². The Labute approximate surface area is 558 Å². The number of ketones is 3. The number of allylic oxidation sites excluding steroid dienone is 2. The van der Waals surface area contributed by atoms with Crippen molar-refractivity contribution in [2.24, 2.45) is 59.2 Å². The third-order valence-electron chi connectivity index (χ3n) is 20.2. The highest BCUT2D eigenvalue weighted by molar-refractivity contribution is 6.00. The summed E-state index contributed by atoms with van der Waals surface area (Å²) in [5.74, 6) is -11.1. The van der Waals surface area contributed by atoms with Gasteiger partial charge in [-0.15, -0.1) is 0 Å². The van der Waals surface area contributed by atoms with E-state index in [1.54, 1.807) is 54.7 Å². The van der Waals surface area contributed by atoms with Crippen LogP contribution in [0.3, 0.4) is 0 Å². The average Bonchev–Trinajstić information content (AvgIpc) is 1.69. The van der Waals surface area contributed by atoms with Gasteiger partial charge >= 0.3 is 0 Å². The molecule has 16 atom stereocenters. The number of aliphatic hydroxyl groups excluding tert-OH is 1. The van der Waals surface area contributed by atoms with E-state index in [1.807, 2.05) is 75.3 Å². The van der Waals surface area contributed by atoms with Gasteiger partial charge in [-0.2, -0.15) is 0 Å². The summed E-state index contributed by atoms with van der Waals surface area (Å²) >= 11 is 0. The first-order chi connectivity index (χ1) is 43.2. The maximum Gasteiger partial charge on any atom is 0.246 e. The number of morpholine rings is 1. The number of nitrogens with one attached hydrogen (secondary N) is 1. The summed E-state index contributed by atoms with van der Waals surface area (Å²) in [5.41, 5.74) is 0. The predicted molar refractivity (Wildman–Crippen MR) is 361 cm³/mol. The number of Topliss-reactive ketones (excluding diaryl/α,β-unsaturated/α-hetero) is 3. The lowest BCUT2D eigenvalue weighted by molar-refractivity contribution is -0.157. The van der Waals surface area contributed by atoms with Crippen molar-refractivity contribution in [2.75, 3.05) is 69.1 Å². The lowest BCUT2D eigenvalue weighted by Crippen LogP contribution is -2.63. The van der Waals surface area contributed by atoms with Crippen LogP contribution in [0, 0.1) is 59.2 Å². The summed E-state index contributed by atoms with van der Waals surface area (Å²) in [4.78, 5) is 176. The third kappa shape index (κ3) is 20.9. The van der Waals surface area contributed by atoms with E-state index < -0.39 is 143 Å². The molecule has 0 aromatic carbocycles. The fourth-order valence-electron chi connectivity index (χ4n) is 14.1. The molecular weight excluding hydrogens is 1190 g/mol. The molecule has 0 saturated carbocycles. The van der Waals surface area contributed by atoms with Crippen molar-refractivity contribution in [3.8, 4) is 0 Å². The Morgan fingerprint density at radius 1 is 0.505 bits per heavy atom. The number of fused-ring (bicyclic) bond motifs is 2. The fraction of sp³-hybridized carbons (Fsp3) is 0.817. The second-order valence-electron chi connectivity index (χ2n) is 29.8. The zero-order valence-electron chi connectivity index (χ0n) is 61.4. The number of nitrogens with zero attached hydrogens (tertiary/aromatic N) is 8. The number of rotatable bonds is 16. The number of carbonyl (C=O) groups is 11. The molecule has 530 valence electrons. The van der Waals surface area contributed by atoms with Crippen molar-refractivity contribution in [2.45, 2.75) is 248 Å². The Morgan fingerprint density at radius 2 is 0.968 bits per heavy atom. The fourth-order valence-corrected chi connectivity index (χ4v) is 14.1. The summed E-state index contributed by atoms with van der Waals surface area (Å²) < 4.78 is 5.90. The summed E-state index contributed by atoms with van der Waals surface area (Å²) in [5, 5.41) is 15.1. The maximum absolute atomic E-state index is 15.4. The Balaban J connectivity index is 2.35. The average molecular weight is 1310 g/mol. The van der Waals surface area contributed by atoms with Gasteiger partial charge in [0.15, 0.2) is 11.6 Å². The predicted octanol–water partition coefficient (Wildman–Crippen LogP) is 6.38. The Morgan fingerprint density at radius 3 is 1.45 bits per heavy atom. The highest BCUT2D eigenvalue weighted by atomic mass is 16.5. The van der Waals surface area contributed by atoms with Gasteiger partial charge < -0.3 is 49.5 Å². The van der Waals surface area contributed by atoms with E-state index in [9.17, 15) is 24.3 Å². The number of hydrogen-bond acceptors (Lipinski definition) is 14. The van der Waals surface area contributed by atoms with Crippen LogP contribution in [-0.2, 0) is 57.5 Å². The first kappa shape index (κ1) is 81.6. The molecule has 3 fully saturated rings. The minimum absolute atomic E-state index is 0.0243. The second kappa shape index (κ2) is 36.5. The van der Waals surface area contributed by atoms with E-state index in [-0.39, 0.29) is 92.1 Å². The molecule has 0 aromatic rings. The van der Waals surface area contributed by atoms with Crippen molar-refractivity contribution in [1.82, 2.24) is 44.5 Å². The van der Waals surface area contributed by atoms with Crippen LogP contribution in [0.2, 0.25) is 0 Å². The van der Waals surface area contributed by atoms with Gasteiger partial charge in [-0.1, -0.05) is 116 Å². The Bertz CT molecular complexity index is 2590. The van der Waals surface area contributed by atoms with Crippen LogP contribution in [0.5, 0.6) is 0 Å². The lowest BCUT2D eigenvalue weighted by atomic mass is 9.83. The van der Waals surface area contributed by atoms with Gasteiger partial charge in [0.25, 0.3) is 0 Å². The zero-order valence-corrected chi connectivity index (χ0v) is 61.4. The van der Waals surface area contributed by atoms with Crippen LogP contribution < -0.4 is 5.32 Å². The molecule has 2 N–H and O–H groups in total. The summed E-state index contributed by atoms with van der Waals surface area (Å²) in [6.45, 7) is 32.0. The topological polar surface area (TPSA) is 255 Å². The van der Waals surface area contributed by atoms with E-state index >= 15 is 33.6 Å². The number of carbonyl (C=O) groups excluding carboxylic acids is 11. The summed E-state index contributed by atoms with van der Waals surface area (Å²) in [6, 6.07) is -9.40. The molecule has 22 nitrogen and oxygen atoms in total. The molecule has 2 unspecified atom stereocenters. The molecule has 8 amide bonds. The first-order valence-corrected chi connectivity index (χ1v) is 34.6. The minimum Gasteiger partial charge on any atom is -0.390 e. The number of hydrogen-bond donors (Lipinski definition) is 2. The molecule has 22 heteroatoms. The highest BCUT2D eigenvalue weighted by Gasteiger charge is 2.48. The van der Waals surface area contributed by atoms with E-state index in [0.717, 1.165) is 17.7 Å². The van der Waals surface area contributed by atoms with Gasteiger partial charge in [0, 0.05) is 105 Å². The van der Waals surface area contributed by atoms with E-state index in [1.165, 1.54) is 78.6 Å². The summed E-state index contributed by atoms with van der Waals surface area (Å²) in [6.07, 6.45) is 4.14. The summed E-state index contributed by atoms with van der Waals surface area (Å²) in [7, 11) is 10.3. The van der Waals surface area contributed by atoms with Crippen molar-refractivity contribution < 1.29 is 62.6 Å². The first-order valence-electron chi connectivity index (χ1n) is 34.6. The minimum atomic E-state index is -1.61. The van der Waals surface area contributed by atoms with Crippen LogP contribution in [-0.4, -0.2) is 245 Å². The zero-order chi connectivity index (χ0) is 71.1. The highest BCUT2D eigenvalue weighted by Crippen LogP contribution is 2.33. The van der Waals surface area contributed by atoms with Crippen molar-refractivity contribution in [3.63, 3.8) is 0 Å². The van der Waals surface area contributed by atoms with Gasteiger partial charge in [-0.05, 0) is 100 Å². The van der Waals surface area contributed by atoms with Crippen LogP contribution in [0.4, 0.5) is 0 Å². The van der Waals surface area contributed by atoms with Crippen LogP contribution in [0.15, 0.2) is 12.2 Å². The molecule has 3 heterocycles. The smallest absolute Gasteiger partial charge is 0.246 e. The van der Waals surface area contributed by atoms with Gasteiger partial charge in [0.2, 0.25) is 47.3 Å². The van der Waals surface area contributed by atoms with Crippen LogP contribution in [0.1, 0.15) is 182 Å². The molecule has 2 bridgehead atoms. The standard InChI is InChI=1S/C71H123N9O13/c1-25-27-28-45(13)63(84)62-64(85)72-53(26-2)68(89)73(18)49(17)66(87)78(23)61(48(16)37-80-50-29-30-51(80)39-93-38-50)59(83)36-52(43(9)10)67(88)74(19)54(31-40(3)4)58(82)34-46(14)57(81)35-47(15)65(86)75(20)55(32-41(5)6)69(90)76(21)56(33-42(7)8)70(91)77(22)60(44(11)12)71(92)79(62)24/h25,27,40-56,60-63,84H,26,28-39H2,1-24H3,(H,72,85)/b27-25+/t45-,46-,47+,48-,49-,50?,51?,52+,53+,54+,55+,56+,60+,61+,62+,63-/m1/s1. The molecule has 3 aliphatic heterocycles. The van der Waals surface area contributed by atoms with Gasteiger partial charge in [0.05, 0.1) is 31.4 Å². The van der Waals surface area contributed by atoms with Crippen molar-refractivity contribution >= 4 is 64.6 Å². The molecule has 3 aliphatic rings. The van der Waals surface area contributed by atoms with Crippen molar-refractivity contribution in [3.05, 3.63) is 12.2 Å². The molecule has 3 rings (SSSR count). The monoisotopic (exact) mass is 1310 g/mol. The molecular formula is C71H123N9O13. The maximum atomic E-state index is 15.4. The normalized spacial score (nSPS) is 30.2. The van der Waals surface area contributed by atoms with E-state index in [4.69, 9.17) is 4.74 Å². The van der Waals surface area contributed by atoms with Gasteiger partial charge in [-0.3, -0.25) is 57.6 Å². The number of ether oxygens (including phenoxy) is 1. The molecule has 3 saturated heterocycles. The van der Waals surface area contributed by atoms with Gasteiger partial charge in [-0.25, -0.2) is 0 Å². The van der Waals surface area contributed by atoms with Gasteiger partial charge in [0.1, 0.15) is 42.0 Å². The molecule has 0 radical (unpaired) electrons. The van der Waals surface area contributed by atoms with E-state index in [2.05, 4.69) is 10.2 Å². The molecule has 0 aliphatic carbocycles. The lowest BCUT2D eigenvalue weighted by Gasteiger charge is -2.42. The third-order valence-corrected chi connectivity index (χ3v) is 20.2. The SMILES string of the molecule is C/C=C/C[C@@H](C)[C@@H](O)[C@H]1C(=O)N[C@@H](CC)C(=O)N(C)[C@H](C)C(=O)N(C)[C@@H]([C@H](C)CN2C3CCC2COC3)C(=O)C[C@@H](C(C)C)C(=O)N(C)[C@@H](CC(C)C)C(=O)C[C@@H](C)C(=O)C[C@H](C)C(=O)N(C)[C@@H](CC(C)C)C(=O)N(C)[C@@H](CC(C)C)C(=O)N(C)[C@@H](C(C)C)C(=O)N1C. The largest absolute Gasteiger partial charge is 0.390 e. The van der Waals surface area contributed by atoms with Crippen molar-refractivity contribution in [1.29, 1.82) is 0 Å². The molecule has 93 heavy (non-hydrogen) atoms. The molecule has 0 spiro atoms. The Hall–Kier alpha value is -5.61. The number of likely N-dealkylation sites (N-methyl/N-ethyl adjacent to an activating group) is 7. The second-order valence-corrected chi connectivity index (χ2v) is 29.8. The van der Waals surface area contributed by atoms with Crippen LogP contribution in [0.25, 0.3) is 0 Å². The van der Waals surface area contributed by atoms with E-state index in [0.29, 0.717) is 26.2 Å². The number of amides is 8. The number of aliphatic hydroxyl groups is 1. The molecule has 0 aromatic heterocycles. The quantitative estimate of drug-likeness (QED) is 0.159.